The van der Waals surface area contributed by atoms with Crippen LogP contribution < -0.4 is 25.0 Å². The molecule has 59 heavy (non-hydrogen) atoms. The van der Waals surface area contributed by atoms with Crippen LogP contribution in [-0.4, -0.2) is 93.7 Å². The van der Waals surface area contributed by atoms with Crippen molar-refractivity contribution in [3.63, 3.8) is 0 Å². The largest absolute Gasteiger partial charge is 0.481 e. The van der Waals surface area contributed by atoms with Crippen molar-refractivity contribution in [3.05, 3.63) is 76.9 Å². The van der Waals surface area contributed by atoms with Gasteiger partial charge in [0, 0.05) is 41.9 Å². The quantitative estimate of drug-likeness (QED) is 0.107. The van der Waals surface area contributed by atoms with E-state index in [1.54, 1.807) is 17.7 Å². The number of hydrogen-bond acceptors (Lipinski definition) is 12. The number of anilines is 3. The van der Waals surface area contributed by atoms with E-state index in [9.17, 15) is 45.3 Å². The van der Waals surface area contributed by atoms with Gasteiger partial charge in [0.15, 0.2) is 19.8 Å². The minimum Gasteiger partial charge on any atom is -0.481 e. The summed E-state index contributed by atoms with van der Waals surface area (Å²) < 4.78 is 84.9. The Morgan fingerprint density at radius 1 is 1.05 bits per heavy atom. The Bertz CT molecular complexity index is 2540. The van der Waals surface area contributed by atoms with E-state index in [-0.39, 0.29) is 54.5 Å². The smallest absolute Gasteiger partial charge is 0.320 e. The maximum atomic E-state index is 14.7. The van der Waals surface area contributed by atoms with Crippen LogP contribution in [0.2, 0.25) is 0 Å². The number of terminal acetylenes is 1. The van der Waals surface area contributed by atoms with Crippen molar-refractivity contribution in [1.82, 2.24) is 19.6 Å². The number of nitrogens with two attached hydrogens (primary N) is 1. The molecule has 0 bridgehead atoms. The Morgan fingerprint density at radius 2 is 1.68 bits per heavy atom. The zero-order valence-electron chi connectivity index (χ0n) is 31.3. The molecular formula is C36H36F3N8O10PS. The Morgan fingerprint density at radius 3 is 2.25 bits per heavy atom. The molecule has 23 heteroatoms. The van der Waals surface area contributed by atoms with Crippen molar-refractivity contribution >= 4 is 63.9 Å². The molecule has 1 aliphatic carbocycles. The molecule has 0 spiro atoms. The lowest BCUT2D eigenvalue weighted by Gasteiger charge is -2.29. The number of benzene rings is 2. The van der Waals surface area contributed by atoms with Crippen LogP contribution in [0.1, 0.15) is 37.8 Å². The second kappa shape index (κ2) is 17.8. The molecule has 7 rings (SSSR count). The normalized spacial score (nSPS) is 16.4. The molecule has 2 aromatic heterocycles. The zero-order valence-corrected chi connectivity index (χ0v) is 33.0. The van der Waals surface area contributed by atoms with Gasteiger partial charge in [0.05, 0.1) is 17.9 Å². The maximum absolute atomic E-state index is 14.7. The van der Waals surface area contributed by atoms with Crippen molar-refractivity contribution < 1.29 is 60.1 Å². The molecule has 2 atom stereocenters. The summed E-state index contributed by atoms with van der Waals surface area (Å²) in [7, 11) is -7.45. The second-order valence-electron chi connectivity index (χ2n) is 13.3. The van der Waals surface area contributed by atoms with Gasteiger partial charge in [0.1, 0.15) is 29.1 Å². The number of carboxylic acid groups (broad SMARTS) is 1. The molecule has 18 nitrogen and oxygen atoms in total. The van der Waals surface area contributed by atoms with E-state index in [2.05, 4.69) is 21.0 Å². The van der Waals surface area contributed by atoms with Crippen LogP contribution in [0.4, 0.5) is 30.2 Å². The van der Waals surface area contributed by atoms with Gasteiger partial charge in [-0.3, -0.25) is 33.4 Å². The number of nitrogens with zero attached hydrogens (tertiary/aromatic N) is 6. The number of aliphatic carboxylic acids is 1. The van der Waals surface area contributed by atoms with Gasteiger partial charge in [0.2, 0.25) is 0 Å². The number of imide groups is 1. The molecule has 5 N–H and O–H groups in total. The average Bonchev–Trinajstić information content (AvgIpc) is 3.72. The monoisotopic (exact) mass is 860 g/mol. The summed E-state index contributed by atoms with van der Waals surface area (Å²) in [5.74, 6) is -2.75. The average molecular weight is 861 g/mol. The van der Waals surface area contributed by atoms with Crippen LogP contribution in [0.25, 0.3) is 5.78 Å². The summed E-state index contributed by atoms with van der Waals surface area (Å²) in [6.45, 7) is 2.62. The number of halogens is 3. The van der Waals surface area contributed by atoms with E-state index in [0.717, 1.165) is 46.5 Å². The third kappa shape index (κ3) is 10.1. The molecule has 312 valence electrons. The van der Waals surface area contributed by atoms with Gasteiger partial charge < -0.3 is 20.5 Å². The molecule has 0 radical (unpaired) electrons. The SMILES string of the molecule is C#CCN1C(=O)COc2cc(F)c(N3C(=O)C4=C(CCCC4)C3=O)cc21.CP(=O)(O)CCC(N)C(=O)O.Cc1ccn2nc(S(=O)(=O)Nc3c(F)cccc3F)nc2n1. The molecule has 3 aliphatic rings. The van der Waals surface area contributed by atoms with Crippen molar-refractivity contribution in [1.29, 1.82) is 0 Å². The predicted molar refractivity (Wildman–Crippen MR) is 205 cm³/mol. The first-order valence-corrected chi connectivity index (χ1v) is 21.3. The lowest BCUT2D eigenvalue weighted by molar-refractivity contribution is -0.138. The molecule has 2 aliphatic heterocycles. The Kier molecular flexibility index (Phi) is 13.3. The summed E-state index contributed by atoms with van der Waals surface area (Å²) in [6.07, 6.45) is 9.49. The number of aromatic nitrogens is 4. The van der Waals surface area contributed by atoms with E-state index in [0.29, 0.717) is 29.7 Å². The molecule has 2 unspecified atom stereocenters. The number of carbonyl (C=O) groups excluding carboxylic acids is 3. The summed E-state index contributed by atoms with van der Waals surface area (Å²) in [5, 5.41) is 11.4. The number of aryl methyl sites for hydroxylation is 1. The van der Waals surface area contributed by atoms with Gasteiger partial charge >= 0.3 is 5.97 Å². The highest BCUT2D eigenvalue weighted by Crippen LogP contribution is 2.42. The minimum atomic E-state index is -4.35. The van der Waals surface area contributed by atoms with Gasteiger partial charge in [0.25, 0.3) is 38.7 Å². The Labute approximate surface area is 334 Å². The fourth-order valence-corrected chi connectivity index (χ4v) is 7.55. The third-order valence-corrected chi connectivity index (χ3v) is 11.0. The van der Waals surface area contributed by atoms with E-state index < -0.39 is 69.5 Å². The van der Waals surface area contributed by atoms with Gasteiger partial charge in [-0.2, -0.15) is 13.4 Å². The van der Waals surface area contributed by atoms with E-state index >= 15 is 0 Å². The van der Waals surface area contributed by atoms with Crippen molar-refractivity contribution in [2.45, 2.75) is 50.2 Å². The van der Waals surface area contributed by atoms with Crippen molar-refractivity contribution in [2.75, 3.05) is 40.5 Å². The van der Waals surface area contributed by atoms with E-state index in [1.165, 1.54) is 23.8 Å². The highest BCUT2D eigenvalue weighted by Gasteiger charge is 2.42. The third-order valence-electron chi connectivity index (χ3n) is 8.79. The molecule has 3 amide bonds. The van der Waals surface area contributed by atoms with Crippen molar-refractivity contribution in [2.24, 2.45) is 5.73 Å². The zero-order chi connectivity index (χ0) is 43.4. The number of nitrogens with one attached hydrogen (secondary N) is 1. The number of rotatable bonds is 9. The molecule has 4 aromatic rings. The summed E-state index contributed by atoms with van der Waals surface area (Å²) in [5.41, 5.74) is 5.92. The molecule has 0 fully saturated rings. The van der Waals surface area contributed by atoms with Gasteiger partial charge in [-0.05, 0) is 63.3 Å². The number of carbonyl (C=O) groups is 4. The number of sulfonamides is 1. The van der Waals surface area contributed by atoms with Crippen LogP contribution in [-0.2, 0) is 33.8 Å². The summed E-state index contributed by atoms with van der Waals surface area (Å²) >= 11 is 0. The summed E-state index contributed by atoms with van der Waals surface area (Å²) in [6, 6.07) is 5.94. The molecule has 0 saturated heterocycles. The fourth-order valence-electron chi connectivity index (χ4n) is 5.84. The Balaban J connectivity index is 0.000000182. The maximum Gasteiger partial charge on any atom is 0.320 e. The van der Waals surface area contributed by atoms with Crippen LogP contribution in [0, 0.1) is 36.7 Å². The van der Waals surface area contributed by atoms with Crippen LogP contribution >= 0.6 is 7.37 Å². The molecule has 2 aromatic carbocycles. The standard InChI is InChI=1S/C19H15FN2O4.C12H9F2N5O2S.C5H12NO4P/c1-2-7-21-15-9-14(13(20)8-16(15)26-10-17(21)23)22-18(24)11-5-3-4-6-12(11)19(22)25;1-7-5-6-19-11(15-7)16-12(17-19)22(20,21)18-10-8(13)3-2-4-9(10)14;1-11(9,10)3-2-4(6)5(7)8/h1,8-9H,3-7,10H2;2-6,18H,1H3;4H,2-3,6H2,1H3,(H,7,8)(H,9,10). The number of ether oxygens (including phenoxy) is 1. The topological polar surface area (TPSA) is 257 Å². The van der Waals surface area contributed by atoms with Crippen LogP contribution in [0.5, 0.6) is 5.75 Å². The highest BCUT2D eigenvalue weighted by atomic mass is 32.2. The number of fused-ring (bicyclic) bond motifs is 2. The number of hydrogen-bond donors (Lipinski definition) is 4. The number of amides is 3. The molecular weight excluding hydrogens is 824 g/mol. The van der Waals surface area contributed by atoms with E-state index in [4.69, 9.17) is 26.9 Å². The van der Waals surface area contributed by atoms with Gasteiger partial charge in [-0.15, -0.1) is 11.5 Å². The number of para-hydroxylation sites is 1. The van der Waals surface area contributed by atoms with Gasteiger partial charge in [-0.25, -0.2) is 27.6 Å². The molecule has 0 saturated carbocycles. The number of carboxylic acids is 1. The summed E-state index contributed by atoms with van der Waals surface area (Å²) in [4.78, 5) is 66.2. The predicted octanol–water partition coefficient (Wildman–Crippen LogP) is 3.13. The van der Waals surface area contributed by atoms with E-state index in [1.807, 2.05) is 0 Å². The second-order valence-corrected chi connectivity index (χ2v) is 17.4. The molecule has 4 heterocycles. The first-order valence-electron chi connectivity index (χ1n) is 17.5. The lowest BCUT2D eigenvalue weighted by Crippen LogP contribution is -2.39. The first-order chi connectivity index (χ1) is 27.7. The minimum absolute atomic E-state index is 0.0170. The van der Waals surface area contributed by atoms with Crippen molar-refractivity contribution in [3.8, 4) is 18.1 Å². The van der Waals surface area contributed by atoms with Gasteiger partial charge in [-0.1, -0.05) is 12.0 Å². The fraction of sp³-hybridized carbons (Fsp3) is 0.306. The lowest BCUT2D eigenvalue weighted by atomic mass is 9.93. The Hall–Kier alpha value is -6.14. The first kappa shape index (κ1) is 44.0. The highest BCUT2D eigenvalue weighted by molar-refractivity contribution is 7.92. The van der Waals surface area contributed by atoms with Crippen LogP contribution in [0.3, 0.4) is 0 Å². The van der Waals surface area contributed by atoms with Crippen LogP contribution in [0.15, 0.2) is 58.9 Å².